The molecule has 0 amide bonds. The lowest BCUT2D eigenvalue weighted by Gasteiger charge is -2.07. The quantitative estimate of drug-likeness (QED) is 0.813. The Kier molecular flexibility index (Phi) is 5.30. The Morgan fingerprint density at radius 2 is 2.15 bits per heavy atom. The Labute approximate surface area is 93.6 Å². The van der Waals surface area contributed by atoms with Gasteiger partial charge >= 0.3 is 0 Å². The van der Waals surface area contributed by atoms with Gasteiger partial charge in [0.05, 0.1) is 0 Å². The van der Waals surface area contributed by atoms with Crippen LogP contribution in [0.2, 0.25) is 0 Å². The summed E-state index contributed by atoms with van der Waals surface area (Å²) in [4.78, 5) is 0. The predicted octanol–water partition coefficient (Wildman–Crippen LogP) is 3.37. The summed E-state index contributed by atoms with van der Waals surface area (Å²) in [5.41, 5.74) is 8.08. The second-order valence-electron chi connectivity index (χ2n) is 2.77. The first-order valence-electron chi connectivity index (χ1n) is 3.79. The van der Waals surface area contributed by atoms with E-state index < -0.39 is 0 Å². The first kappa shape index (κ1) is 12.7. The molecule has 1 rings (SSSR count). The summed E-state index contributed by atoms with van der Waals surface area (Å²) >= 11 is 3.45. The minimum absolute atomic E-state index is 0. The molecule has 1 atom stereocenters. The maximum absolute atomic E-state index is 5.77. The molecule has 72 valence electrons. The van der Waals surface area contributed by atoms with Crippen LogP contribution >= 0.6 is 28.3 Å². The van der Waals surface area contributed by atoms with Crippen molar-refractivity contribution >= 4 is 28.3 Å². The Bertz CT molecular complexity index is 299. The van der Waals surface area contributed by atoms with Gasteiger partial charge in [-0.3, -0.25) is 0 Å². The number of aryl methyl sites for hydroxylation is 1. The van der Waals surface area contributed by atoms with Gasteiger partial charge in [-0.1, -0.05) is 34.1 Å². The van der Waals surface area contributed by atoms with E-state index >= 15 is 0 Å². The zero-order chi connectivity index (χ0) is 9.14. The predicted molar refractivity (Wildman–Crippen MR) is 63.3 cm³/mol. The van der Waals surface area contributed by atoms with Crippen LogP contribution in [0.15, 0.2) is 35.3 Å². The molecule has 0 aliphatic rings. The molecule has 0 radical (unpaired) electrons. The molecule has 0 aliphatic carbocycles. The van der Waals surface area contributed by atoms with Crippen molar-refractivity contribution in [2.24, 2.45) is 5.73 Å². The number of nitrogens with two attached hydrogens (primary N) is 1. The monoisotopic (exact) mass is 261 g/mol. The van der Waals surface area contributed by atoms with E-state index in [-0.39, 0.29) is 18.4 Å². The summed E-state index contributed by atoms with van der Waals surface area (Å²) in [6, 6.07) is 6.03. The second-order valence-corrected chi connectivity index (χ2v) is 3.62. The van der Waals surface area contributed by atoms with Gasteiger partial charge in [-0.15, -0.1) is 19.0 Å². The molecule has 0 spiro atoms. The fourth-order valence-electron chi connectivity index (χ4n) is 0.953. The highest BCUT2D eigenvalue weighted by atomic mass is 79.9. The second kappa shape index (κ2) is 5.43. The van der Waals surface area contributed by atoms with E-state index in [1.54, 1.807) is 6.08 Å². The average molecular weight is 263 g/mol. The zero-order valence-electron chi connectivity index (χ0n) is 7.46. The van der Waals surface area contributed by atoms with Crippen molar-refractivity contribution in [2.45, 2.75) is 13.0 Å². The molecule has 0 fully saturated rings. The molecule has 0 aliphatic heterocycles. The van der Waals surface area contributed by atoms with Gasteiger partial charge in [0.15, 0.2) is 0 Å². The summed E-state index contributed by atoms with van der Waals surface area (Å²) < 4.78 is 1.09. The van der Waals surface area contributed by atoms with Crippen LogP contribution in [0.25, 0.3) is 0 Å². The van der Waals surface area contributed by atoms with E-state index in [9.17, 15) is 0 Å². The lowest BCUT2D eigenvalue weighted by Crippen LogP contribution is -2.06. The van der Waals surface area contributed by atoms with E-state index in [2.05, 4.69) is 22.5 Å². The largest absolute Gasteiger partial charge is 0.321 e. The maximum Gasteiger partial charge on any atom is 0.0478 e. The van der Waals surface area contributed by atoms with Crippen LogP contribution in [0.5, 0.6) is 0 Å². The van der Waals surface area contributed by atoms with Crippen LogP contribution in [0.1, 0.15) is 17.2 Å². The van der Waals surface area contributed by atoms with Crippen LogP contribution in [-0.4, -0.2) is 0 Å². The molecule has 0 saturated carbocycles. The number of benzene rings is 1. The molecule has 0 aromatic heterocycles. The molecule has 1 aromatic carbocycles. The Hall–Kier alpha value is -0.310. The maximum atomic E-state index is 5.77. The van der Waals surface area contributed by atoms with Gasteiger partial charge in [0.2, 0.25) is 0 Å². The fourth-order valence-corrected chi connectivity index (χ4v) is 1.35. The fraction of sp³-hybridized carbons (Fsp3) is 0.200. The molecule has 0 bridgehead atoms. The Balaban J connectivity index is 0.00000144. The van der Waals surface area contributed by atoms with Gasteiger partial charge in [-0.2, -0.15) is 0 Å². The number of hydrogen-bond donors (Lipinski definition) is 1. The molecule has 0 heterocycles. The highest BCUT2D eigenvalue weighted by molar-refractivity contribution is 9.10. The third kappa shape index (κ3) is 3.14. The van der Waals surface area contributed by atoms with Gasteiger partial charge < -0.3 is 5.73 Å². The standard InChI is InChI=1S/C10H12BrN.ClH/c1-3-10(12)8-5-4-7(2)9(11)6-8;/h3-6,10H,1,12H2,2H3;1H/t10-;/m1./s1. The van der Waals surface area contributed by atoms with E-state index in [1.165, 1.54) is 5.56 Å². The summed E-state index contributed by atoms with van der Waals surface area (Å²) in [6.45, 7) is 5.70. The van der Waals surface area contributed by atoms with E-state index in [1.807, 2.05) is 25.1 Å². The van der Waals surface area contributed by atoms with Crippen molar-refractivity contribution < 1.29 is 0 Å². The highest BCUT2D eigenvalue weighted by Gasteiger charge is 2.02. The van der Waals surface area contributed by atoms with E-state index in [0.717, 1.165) is 10.0 Å². The van der Waals surface area contributed by atoms with Crippen molar-refractivity contribution in [3.8, 4) is 0 Å². The van der Waals surface area contributed by atoms with Crippen LogP contribution in [0.3, 0.4) is 0 Å². The van der Waals surface area contributed by atoms with Crippen LogP contribution < -0.4 is 5.73 Å². The highest BCUT2D eigenvalue weighted by Crippen LogP contribution is 2.20. The van der Waals surface area contributed by atoms with Gasteiger partial charge in [0, 0.05) is 10.5 Å². The molecule has 0 unspecified atom stereocenters. The molecule has 3 heteroatoms. The van der Waals surface area contributed by atoms with Gasteiger partial charge in [-0.05, 0) is 24.1 Å². The molecule has 0 saturated heterocycles. The summed E-state index contributed by atoms with van der Waals surface area (Å²) in [5, 5.41) is 0. The first-order valence-corrected chi connectivity index (χ1v) is 4.58. The lowest BCUT2D eigenvalue weighted by molar-refractivity contribution is 0.912. The third-order valence-corrected chi connectivity index (χ3v) is 2.69. The normalized spacial score (nSPS) is 11.6. The van der Waals surface area contributed by atoms with Crippen LogP contribution in [0, 0.1) is 6.92 Å². The van der Waals surface area contributed by atoms with Crippen LogP contribution in [-0.2, 0) is 0 Å². The average Bonchev–Trinajstić information content (AvgIpc) is 2.08. The third-order valence-electron chi connectivity index (χ3n) is 1.83. The SMILES string of the molecule is C=C[C@@H](N)c1ccc(C)c(Br)c1.Cl. The first-order chi connectivity index (χ1) is 5.65. The van der Waals surface area contributed by atoms with Crippen molar-refractivity contribution in [1.29, 1.82) is 0 Å². The van der Waals surface area contributed by atoms with E-state index in [4.69, 9.17) is 5.73 Å². The van der Waals surface area contributed by atoms with Crippen molar-refractivity contribution in [2.75, 3.05) is 0 Å². The Morgan fingerprint density at radius 1 is 1.54 bits per heavy atom. The minimum atomic E-state index is -0.0677. The molecule has 1 aromatic rings. The number of halogens is 2. The smallest absolute Gasteiger partial charge is 0.0478 e. The van der Waals surface area contributed by atoms with Gasteiger partial charge in [-0.25, -0.2) is 0 Å². The van der Waals surface area contributed by atoms with Crippen molar-refractivity contribution in [3.05, 3.63) is 46.5 Å². The summed E-state index contributed by atoms with van der Waals surface area (Å²) in [7, 11) is 0. The van der Waals surface area contributed by atoms with Crippen molar-refractivity contribution in [1.82, 2.24) is 0 Å². The number of rotatable bonds is 2. The minimum Gasteiger partial charge on any atom is -0.321 e. The molecular weight excluding hydrogens is 249 g/mol. The van der Waals surface area contributed by atoms with Gasteiger partial charge in [0.1, 0.15) is 0 Å². The van der Waals surface area contributed by atoms with Gasteiger partial charge in [0.25, 0.3) is 0 Å². The van der Waals surface area contributed by atoms with E-state index in [0.29, 0.717) is 0 Å². The van der Waals surface area contributed by atoms with Crippen LogP contribution in [0.4, 0.5) is 0 Å². The Morgan fingerprint density at radius 3 is 2.62 bits per heavy atom. The topological polar surface area (TPSA) is 26.0 Å². The molecule has 13 heavy (non-hydrogen) atoms. The number of hydrogen-bond acceptors (Lipinski definition) is 1. The molecule has 1 nitrogen and oxygen atoms in total. The lowest BCUT2D eigenvalue weighted by atomic mass is 10.1. The summed E-state index contributed by atoms with van der Waals surface area (Å²) in [5.74, 6) is 0. The molecule has 2 N–H and O–H groups in total. The van der Waals surface area contributed by atoms with Crippen molar-refractivity contribution in [3.63, 3.8) is 0 Å². The summed E-state index contributed by atoms with van der Waals surface area (Å²) in [6.07, 6.45) is 1.73. The molecular formula is C10H13BrClN. The zero-order valence-corrected chi connectivity index (χ0v) is 9.86.